The van der Waals surface area contributed by atoms with Gasteiger partial charge in [-0.1, -0.05) is 172 Å². The Hall–Kier alpha value is -2.71. The number of hydrogen-bond acceptors (Lipinski definition) is 7. The van der Waals surface area contributed by atoms with Crippen molar-refractivity contribution >= 4 is 17.9 Å². The zero-order valence-corrected chi connectivity index (χ0v) is 37.5. The first-order valence-corrected chi connectivity index (χ1v) is 23.2. The van der Waals surface area contributed by atoms with E-state index in [1.807, 2.05) is 0 Å². The Labute approximate surface area is 350 Å². The highest BCUT2D eigenvalue weighted by Crippen LogP contribution is 2.15. The van der Waals surface area contributed by atoms with Gasteiger partial charge in [-0.2, -0.15) is 0 Å². The summed E-state index contributed by atoms with van der Waals surface area (Å²) in [7, 11) is 5.39. The maximum absolute atomic E-state index is 12.7. The second kappa shape index (κ2) is 40.1. The molecule has 0 saturated heterocycles. The third kappa shape index (κ3) is 38.6. The molecule has 0 aliphatic heterocycles. The molecule has 0 radical (unpaired) electrons. The number of carboxylic acid groups (broad SMARTS) is 1. The molecule has 330 valence electrons. The van der Waals surface area contributed by atoms with Crippen LogP contribution < -0.4 is 5.11 Å². The highest BCUT2D eigenvalue weighted by molar-refractivity contribution is 5.70. The number of carbonyl (C=O) groups excluding carboxylic acids is 3. The van der Waals surface area contributed by atoms with Gasteiger partial charge < -0.3 is 28.6 Å². The van der Waals surface area contributed by atoms with Gasteiger partial charge in [0.25, 0.3) is 0 Å². The van der Waals surface area contributed by atoms with Crippen molar-refractivity contribution in [1.29, 1.82) is 0 Å². The molecule has 0 rings (SSSR count). The molecule has 0 N–H and O–H groups in total. The van der Waals surface area contributed by atoms with E-state index < -0.39 is 18.1 Å². The quantitative estimate of drug-likeness (QED) is 0.0262. The van der Waals surface area contributed by atoms with E-state index >= 15 is 0 Å². The molecule has 0 fully saturated rings. The highest BCUT2D eigenvalue weighted by Gasteiger charge is 2.25. The van der Waals surface area contributed by atoms with Gasteiger partial charge in [-0.3, -0.25) is 9.59 Å². The number of carboxylic acids is 1. The molecule has 0 aromatic rings. The third-order valence-corrected chi connectivity index (χ3v) is 10.2. The molecule has 2 unspecified atom stereocenters. The van der Waals surface area contributed by atoms with Crippen LogP contribution in [-0.2, 0) is 28.6 Å². The standard InChI is InChI=1S/C49H87NO7/c1-6-8-10-12-14-16-18-20-22-23-24-26-27-29-31-33-35-37-39-47(51)56-44-45(43-55-42-41-46(49(53)54)50(3,4)5)57-48(52)40-38-36-34-32-30-28-25-21-19-17-15-13-11-9-7-2/h9,11,15,17,21,25,30,32,45-46H,6-8,10,12-14,16,18-20,22-24,26-29,31,33-44H2,1-5H3/b11-9-,17-15-,25-21-,32-30-. The molecule has 0 saturated carbocycles. The SMILES string of the molecule is CC/C=C\C/C=C\C/C=C\C/C=C\CCCCC(=O)OC(COCCC(C(=O)[O-])[N+](C)(C)C)COC(=O)CCCCCCCCCCCCCCCCCCCC. The van der Waals surface area contributed by atoms with E-state index in [2.05, 4.69) is 62.5 Å². The molecule has 8 nitrogen and oxygen atoms in total. The smallest absolute Gasteiger partial charge is 0.306 e. The van der Waals surface area contributed by atoms with Gasteiger partial charge >= 0.3 is 11.9 Å². The summed E-state index contributed by atoms with van der Waals surface area (Å²) in [4.78, 5) is 36.9. The maximum Gasteiger partial charge on any atom is 0.306 e. The van der Waals surface area contributed by atoms with E-state index in [-0.39, 0.29) is 49.1 Å². The number of esters is 2. The number of aliphatic carboxylic acids is 1. The number of ether oxygens (including phenoxy) is 3. The molecule has 0 heterocycles. The summed E-state index contributed by atoms with van der Waals surface area (Å²) >= 11 is 0. The Bertz CT molecular complexity index is 1070. The Morgan fingerprint density at radius 1 is 0.544 bits per heavy atom. The number of rotatable bonds is 41. The molecule has 2 atom stereocenters. The molecule has 0 bridgehead atoms. The average molecular weight is 802 g/mol. The summed E-state index contributed by atoms with van der Waals surface area (Å²) in [6.45, 7) is 4.52. The van der Waals surface area contributed by atoms with Crippen LogP contribution in [0.15, 0.2) is 48.6 Å². The van der Waals surface area contributed by atoms with Crippen molar-refractivity contribution in [3.8, 4) is 0 Å². The second-order valence-corrected chi connectivity index (χ2v) is 16.6. The number of unbranched alkanes of at least 4 members (excludes halogenated alkanes) is 19. The van der Waals surface area contributed by atoms with Gasteiger partial charge in [0.15, 0.2) is 6.10 Å². The minimum absolute atomic E-state index is 0.0249. The van der Waals surface area contributed by atoms with Crippen molar-refractivity contribution in [1.82, 2.24) is 0 Å². The van der Waals surface area contributed by atoms with Gasteiger partial charge in [-0.15, -0.1) is 0 Å². The summed E-state index contributed by atoms with van der Waals surface area (Å²) in [6, 6.07) is -0.733. The van der Waals surface area contributed by atoms with E-state index in [1.54, 1.807) is 21.1 Å². The first-order chi connectivity index (χ1) is 27.6. The van der Waals surface area contributed by atoms with Crippen LogP contribution in [0.2, 0.25) is 0 Å². The van der Waals surface area contributed by atoms with Crippen LogP contribution >= 0.6 is 0 Å². The van der Waals surface area contributed by atoms with Crippen LogP contribution in [0.4, 0.5) is 0 Å². The van der Waals surface area contributed by atoms with Crippen molar-refractivity contribution in [3.63, 3.8) is 0 Å². The van der Waals surface area contributed by atoms with E-state index in [4.69, 9.17) is 14.2 Å². The van der Waals surface area contributed by atoms with E-state index in [0.717, 1.165) is 57.8 Å². The minimum atomic E-state index is -1.13. The van der Waals surface area contributed by atoms with Gasteiger partial charge in [0, 0.05) is 19.3 Å². The largest absolute Gasteiger partial charge is 0.544 e. The number of hydrogen-bond donors (Lipinski definition) is 0. The molecule has 0 amide bonds. The monoisotopic (exact) mass is 802 g/mol. The van der Waals surface area contributed by atoms with Gasteiger partial charge in [0.1, 0.15) is 12.6 Å². The lowest BCUT2D eigenvalue weighted by Crippen LogP contribution is -2.55. The predicted molar refractivity (Wildman–Crippen MR) is 236 cm³/mol. The second-order valence-electron chi connectivity index (χ2n) is 16.6. The third-order valence-electron chi connectivity index (χ3n) is 10.2. The lowest BCUT2D eigenvalue weighted by molar-refractivity contribution is -0.889. The predicted octanol–water partition coefficient (Wildman–Crippen LogP) is 11.5. The van der Waals surface area contributed by atoms with E-state index in [1.165, 1.54) is 96.3 Å². The molecule has 8 heteroatoms. The summed E-state index contributed by atoms with van der Waals surface area (Å²) < 4.78 is 17.1. The van der Waals surface area contributed by atoms with Gasteiger partial charge in [-0.05, 0) is 51.4 Å². The first kappa shape index (κ1) is 54.3. The number of carbonyl (C=O) groups is 3. The lowest BCUT2D eigenvalue weighted by Gasteiger charge is -2.34. The number of likely N-dealkylation sites (N-methyl/N-ethyl adjacent to an activating group) is 1. The van der Waals surface area contributed by atoms with Crippen LogP contribution in [0.3, 0.4) is 0 Å². The van der Waals surface area contributed by atoms with Crippen LogP contribution in [0.5, 0.6) is 0 Å². The van der Waals surface area contributed by atoms with Gasteiger partial charge in [0.2, 0.25) is 0 Å². The van der Waals surface area contributed by atoms with Crippen LogP contribution in [0.1, 0.15) is 194 Å². The molecule has 0 aliphatic rings. The van der Waals surface area contributed by atoms with Crippen LogP contribution in [0.25, 0.3) is 0 Å². The van der Waals surface area contributed by atoms with Crippen molar-refractivity contribution in [2.75, 3.05) is 41.0 Å². The van der Waals surface area contributed by atoms with Gasteiger partial charge in [-0.25, -0.2) is 0 Å². The van der Waals surface area contributed by atoms with Crippen molar-refractivity contribution in [3.05, 3.63) is 48.6 Å². The van der Waals surface area contributed by atoms with Crippen molar-refractivity contribution in [2.24, 2.45) is 0 Å². The molecule has 0 aromatic heterocycles. The summed E-state index contributed by atoms with van der Waals surface area (Å²) in [5, 5.41) is 11.6. The molecular weight excluding hydrogens is 715 g/mol. The lowest BCUT2D eigenvalue weighted by atomic mass is 10.0. The summed E-state index contributed by atoms with van der Waals surface area (Å²) in [6.07, 6.45) is 47.1. The Morgan fingerprint density at radius 3 is 1.46 bits per heavy atom. The molecule has 0 aromatic carbocycles. The van der Waals surface area contributed by atoms with Gasteiger partial charge in [0.05, 0.1) is 40.3 Å². The molecule has 0 spiro atoms. The molecule has 57 heavy (non-hydrogen) atoms. The van der Waals surface area contributed by atoms with Crippen molar-refractivity contribution in [2.45, 2.75) is 206 Å². The zero-order chi connectivity index (χ0) is 42.1. The Balaban J connectivity index is 4.34. The number of quaternary nitrogens is 1. The number of allylic oxidation sites excluding steroid dienone is 8. The molecular formula is C49H87NO7. The highest BCUT2D eigenvalue weighted by atomic mass is 16.6. The minimum Gasteiger partial charge on any atom is -0.544 e. The van der Waals surface area contributed by atoms with Crippen LogP contribution in [-0.4, -0.2) is 75.5 Å². The normalized spacial score (nSPS) is 13.4. The molecule has 0 aliphatic carbocycles. The fraction of sp³-hybridized carbons (Fsp3) is 0.776. The number of nitrogens with zero attached hydrogens (tertiary/aromatic N) is 1. The Morgan fingerprint density at radius 2 is 0.982 bits per heavy atom. The fourth-order valence-electron chi connectivity index (χ4n) is 6.65. The fourth-order valence-corrected chi connectivity index (χ4v) is 6.65. The summed E-state index contributed by atoms with van der Waals surface area (Å²) in [5.41, 5.74) is 0. The topological polar surface area (TPSA) is 102 Å². The van der Waals surface area contributed by atoms with Crippen LogP contribution in [0, 0.1) is 0 Å². The average Bonchev–Trinajstić information content (AvgIpc) is 3.17. The Kier molecular flexibility index (Phi) is 38.2. The first-order valence-electron chi connectivity index (χ1n) is 23.2. The summed E-state index contributed by atoms with van der Waals surface area (Å²) in [5.74, 6) is -1.78. The van der Waals surface area contributed by atoms with Crippen molar-refractivity contribution < 1.29 is 38.2 Å². The zero-order valence-electron chi connectivity index (χ0n) is 37.5. The maximum atomic E-state index is 12.7. The van der Waals surface area contributed by atoms with E-state index in [9.17, 15) is 19.5 Å². The van der Waals surface area contributed by atoms with E-state index in [0.29, 0.717) is 12.8 Å².